The molecule has 1 heterocycles. The number of ether oxygens (including phenoxy) is 1. The first-order valence-electron chi connectivity index (χ1n) is 4.08. The molecule has 0 amide bonds. The molecular formula is C8H16NO. The summed E-state index contributed by atoms with van der Waals surface area (Å²) in [6.07, 6.45) is 4.73. The van der Waals surface area contributed by atoms with Crippen LogP contribution in [0, 0.1) is 6.42 Å². The number of hydrogen-bond acceptors (Lipinski definition) is 2. The van der Waals surface area contributed by atoms with E-state index in [0.29, 0.717) is 6.04 Å². The minimum Gasteiger partial charge on any atom is -0.379 e. The Bertz CT molecular complexity index is 79.3. The quantitative estimate of drug-likeness (QED) is 0.634. The van der Waals surface area contributed by atoms with Crippen molar-refractivity contribution in [2.24, 2.45) is 0 Å². The average Bonchev–Trinajstić information content (AvgIpc) is 2.03. The average molecular weight is 142 g/mol. The highest BCUT2D eigenvalue weighted by Crippen LogP contribution is 2.01. The van der Waals surface area contributed by atoms with Crippen molar-refractivity contribution < 1.29 is 4.74 Å². The molecule has 0 saturated carbocycles. The summed E-state index contributed by atoms with van der Waals surface area (Å²) in [5.74, 6) is 0. The minimum atomic E-state index is 0.508. The third kappa shape index (κ3) is 2.67. The van der Waals surface area contributed by atoms with E-state index in [1.807, 2.05) is 0 Å². The Morgan fingerprint density at radius 2 is 2.60 bits per heavy atom. The maximum Gasteiger partial charge on any atom is 0.0623 e. The monoisotopic (exact) mass is 142 g/mol. The van der Waals surface area contributed by atoms with E-state index in [4.69, 9.17) is 4.74 Å². The highest BCUT2D eigenvalue weighted by Gasteiger charge is 2.11. The Balaban J connectivity index is 2.02. The van der Waals surface area contributed by atoms with Crippen LogP contribution in [0.4, 0.5) is 0 Å². The van der Waals surface area contributed by atoms with Crippen LogP contribution in [0.1, 0.15) is 19.8 Å². The second-order valence-corrected chi connectivity index (χ2v) is 2.66. The van der Waals surface area contributed by atoms with Crippen molar-refractivity contribution in [1.82, 2.24) is 5.32 Å². The number of morpholine rings is 1. The van der Waals surface area contributed by atoms with Crippen molar-refractivity contribution in [1.29, 1.82) is 0 Å². The lowest BCUT2D eigenvalue weighted by atomic mass is 10.1. The SMILES string of the molecule is CCC[CH]C1COCCN1. The molecule has 2 nitrogen and oxygen atoms in total. The standard InChI is InChI=1S/C8H16NO/c1-2-3-4-8-7-10-6-5-9-8/h4,8-9H,2-3,5-7H2,1H3. The van der Waals surface area contributed by atoms with Crippen molar-refractivity contribution in [3.63, 3.8) is 0 Å². The van der Waals surface area contributed by atoms with Gasteiger partial charge >= 0.3 is 0 Å². The van der Waals surface area contributed by atoms with Gasteiger partial charge in [0, 0.05) is 12.6 Å². The molecule has 1 fully saturated rings. The molecule has 1 saturated heterocycles. The third-order valence-corrected chi connectivity index (χ3v) is 1.69. The highest BCUT2D eigenvalue weighted by molar-refractivity contribution is 4.83. The number of unbranched alkanes of at least 4 members (excludes halogenated alkanes) is 1. The lowest BCUT2D eigenvalue weighted by Gasteiger charge is -2.23. The number of nitrogens with one attached hydrogen (secondary N) is 1. The fraction of sp³-hybridized carbons (Fsp3) is 0.875. The molecule has 1 atom stereocenters. The summed E-state index contributed by atoms with van der Waals surface area (Å²) < 4.78 is 5.29. The highest BCUT2D eigenvalue weighted by atomic mass is 16.5. The summed E-state index contributed by atoms with van der Waals surface area (Å²) in [4.78, 5) is 0. The normalized spacial score (nSPS) is 26.7. The Morgan fingerprint density at radius 3 is 3.20 bits per heavy atom. The molecule has 0 aromatic heterocycles. The molecule has 59 valence electrons. The van der Waals surface area contributed by atoms with Crippen molar-refractivity contribution in [3.8, 4) is 0 Å². The summed E-state index contributed by atoms with van der Waals surface area (Å²) in [7, 11) is 0. The van der Waals surface area contributed by atoms with Gasteiger partial charge in [0.1, 0.15) is 0 Å². The maximum absolute atomic E-state index is 5.29. The smallest absolute Gasteiger partial charge is 0.0623 e. The van der Waals surface area contributed by atoms with E-state index >= 15 is 0 Å². The third-order valence-electron chi connectivity index (χ3n) is 1.69. The summed E-state index contributed by atoms with van der Waals surface area (Å²) in [6, 6.07) is 0.508. The Hall–Kier alpha value is -0.0800. The minimum absolute atomic E-state index is 0.508. The van der Waals surface area contributed by atoms with Gasteiger partial charge in [-0.1, -0.05) is 13.3 Å². The summed E-state index contributed by atoms with van der Waals surface area (Å²) in [6.45, 7) is 4.93. The van der Waals surface area contributed by atoms with Crippen LogP contribution < -0.4 is 5.32 Å². The van der Waals surface area contributed by atoms with Gasteiger partial charge in [0.2, 0.25) is 0 Å². The van der Waals surface area contributed by atoms with Gasteiger partial charge in [0.05, 0.1) is 13.2 Å². The number of hydrogen-bond donors (Lipinski definition) is 1. The Labute approximate surface area is 63.0 Å². The fourth-order valence-electron chi connectivity index (χ4n) is 1.10. The van der Waals surface area contributed by atoms with Gasteiger partial charge in [-0.05, 0) is 12.8 Å². The lowest BCUT2D eigenvalue weighted by molar-refractivity contribution is 0.0850. The van der Waals surface area contributed by atoms with Crippen molar-refractivity contribution in [3.05, 3.63) is 6.42 Å². The molecule has 0 aromatic carbocycles. The molecule has 10 heavy (non-hydrogen) atoms. The van der Waals surface area contributed by atoms with Gasteiger partial charge in [0.25, 0.3) is 0 Å². The molecule has 0 spiro atoms. The van der Waals surface area contributed by atoms with Crippen LogP contribution in [0.2, 0.25) is 0 Å². The fourth-order valence-corrected chi connectivity index (χ4v) is 1.10. The van der Waals surface area contributed by atoms with E-state index < -0.39 is 0 Å². The van der Waals surface area contributed by atoms with Crippen molar-refractivity contribution in [2.75, 3.05) is 19.8 Å². The van der Waals surface area contributed by atoms with E-state index in [1.54, 1.807) is 0 Å². The van der Waals surface area contributed by atoms with Gasteiger partial charge in [-0.3, -0.25) is 0 Å². The summed E-state index contributed by atoms with van der Waals surface area (Å²) in [5.41, 5.74) is 0. The van der Waals surface area contributed by atoms with Gasteiger partial charge in [-0.15, -0.1) is 0 Å². The zero-order valence-corrected chi connectivity index (χ0v) is 6.60. The summed E-state index contributed by atoms with van der Waals surface area (Å²) >= 11 is 0. The largest absolute Gasteiger partial charge is 0.379 e. The zero-order chi connectivity index (χ0) is 7.23. The van der Waals surface area contributed by atoms with Crippen LogP contribution >= 0.6 is 0 Å². The Morgan fingerprint density at radius 1 is 1.70 bits per heavy atom. The molecular weight excluding hydrogens is 126 g/mol. The molecule has 1 aliphatic heterocycles. The Kier molecular flexibility index (Phi) is 3.76. The lowest BCUT2D eigenvalue weighted by Crippen LogP contribution is -2.41. The molecule has 2 heteroatoms. The van der Waals surface area contributed by atoms with Crippen LogP contribution in [0.15, 0.2) is 0 Å². The number of rotatable bonds is 3. The molecule has 1 N–H and O–H groups in total. The zero-order valence-electron chi connectivity index (χ0n) is 6.60. The maximum atomic E-state index is 5.29. The molecule has 1 aliphatic rings. The van der Waals surface area contributed by atoms with E-state index in [0.717, 1.165) is 19.8 Å². The first-order chi connectivity index (χ1) is 4.93. The van der Waals surface area contributed by atoms with Crippen LogP contribution in [0.25, 0.3) is 0 Å². The molecule has 0 aliphatic carbocycles. The predicted molar refractivity (Wildman–Crippen MR) is 41.8 cm³/mol. The van der Waals surface area contributed by atoms with Gasteiger partial charge < -0.3 is 10.1 Å². The molecule has 0 bridgehead atoms. The van der Waals surface area contributed by atoms with Crippen LogP contribution in [-0.2, 0) is 4.74 Å². The van der Waals surface area contributed by atoms with Crippen molar-refractivity contribution >= 4 is 0 Å². The first kappa shape index (κ1) is 8.02. The van der Waals surface area contributed by atoms with E-state index in [-0.39, 0.29) is 0 Å². The van der Waals surface area contributed by atoms with E-state index in [9.17, 15) is 0 Å². The van der Waals surface area contributed by atoms with Crippen LogP contribution in [0.5, 0.6) is 0 Å². The predicted octanol–water partition coefficient (Wildman–Crippen LogP) is 0.979. The molecule has 0 aromatic rings. The van der Waals surface area contributed by atoms with Gasteiger partial charge in [0.15, 0.2) is 0 Å². The van der Waals surface area contributed by atoms with Crippen molar-refractivity contribution in [2.45, 2.75) is 25.8 Å². The molecule has 1 unspecified atom stereocenters. The molecule has 1 radical (unpaired) electrons. The van der Waals surface area contributed by atoms with Crippen LogP contribution in [-0.4, -0.2) is 25.8 Å². The topological polar surface area (TPSA) is 21.3 Å². The van der Waals surface area contributed by atoms with Crippen LogP contribution in [0.3, 0.4) is 0 Å². The first-order valence-corrected chi connectivity index (χ1v) is 4.08. The van der Waals surface area contributed by atoms with E-state index in [1.165, 1.54) is 12.8 Å². The second-order valence-electron chi connectivity index (χ2n) is 2.66. The molecule has 1 rings (SSSR count). The van der Waals surface area contributed by atoms with Gasteiger partial charge in [-0.2, -0.15) is 0 Å². The summed E-state index contributed by atoms with van der Waals surface area (Å²) in [5, 5.41) is 3.37. The van der Waals surface area contributed by atoms with E-state index in [2.05, 4.69) is 18.7 Å². The second kappa shape index (κ2) is 4.69. The van der Waals surface area contributed by atoms with Gasteiger partial charge in [-0.25, -0.2) is 0 Å².